The Hall–Kier alpha value is -3.06. The van der Waals surface area contributed by atoms with Crippen molar-refractivity contribution >= 4 is 12.0 Å². The summed E-state index contributed by atoms with van der Waals surface area (Å²) >= 11 is 0. The first kappa shape index (κ1) is 22.1. The molecule has 4 N–H and O–H groups in total. The number of amides is 2. The molecule has 7 heteroatoms. The van der Waals surface area contributed by atoms with Gasteiger partial charge in [0, 0.05) is 25.2 Å². The van der Waals surface area contributed by atoms with Gasteiger partial charge in [0.25, 0.3) is 5.91 Å². The lowest BCUT2D eigenvalue weighted by Gasteiger charge is -2.39. The van der Waals surface area contributed by atoms with Gasteiger partial charge in [-0.05, 0) is 55.2 Å². The molecule has 7 nitrogen and oxygen atoms in total. The number of benzene rings is 2. The summed E-state index contributed by atoms with van der Waals surface area (Å²) in [6.45, 7) is 1.77. The van der Waals surface area contributed by atoms with Crippen LogP contribution in [0.2, 0.25) is 0 Å². The van der Waals surface area contributed by atoms with Crippen LogP contribution in [0.1, 0.15) is 59.5 Å². The Labute approximate surface area is 188 Å². The SMILES string of the molecule is NC(=O)c1cccc(C2C[C@H]3CC[C@@H](C2)N3CCCNC(=O)OCc2ccccc2)c1O. The first-order chi connectivity index (χ1) is 15.5. The van der Waals surface area contributed by atoms with Gasteiger partial charge in [-0.1, -0.05) is 42.5 Å². The monoisotopic (exact) mass is 437 g/mol. The van der Waals surface area contributed by atoms with Crippen molar-refractivity contribution < 1.29 is 19.4 Å². The molecule has 0 saturated carbocycles. The predicted octanol–water partition coefficient (Wildman–Crippen LogP) is 3.52. The number of carbonyl (C=O) groups is 2. The third kappa shape index (κ3) is 5.05. The van der Waals surface area contributed by atoms with Gasteiger partial charge in [-0.3, -0.25) is 9.69 Å². The smallest absolute Gasteiger partial charge is 0.407 e. The van der Waals surface area contributed by atoms with Crippen LogP contribution >= 0.6 is 0 Å². The lowest BCUT2D eigenvalue weighted by Crippen LogP contribution is -2.43. The van der Waals surface area contributed by atoms with Crippen molar-refractivity contribution in [3.05, 3.63) is 65.2 Å². The standard InChI is InChI=1S/C25H31N3O4/c26-24(30)22-9-4-8-21(23(22)29)18-14-19-10-11-20(15-18)28(19)13-5-12-27-25(31)32-16-17-6-2-1-3-7-17/h1-4,6-9,18-20,29H,5,10-16H2,(H2,26,30)(H,27,31)/t18?,19-,20+. The number of nitrogens with two attached hydrogens (primary N) is 1. The summed E-state index contributed by atoms with van der Waals surface area (Å²) in [5, 5.41) is 13.4. The van der Waals surface area contributed by atoms with E-state index in [1.807, 2.05) is 36.4 Å². The Morgan fingerprint density at radius 3 is 2.47 bits per heavy atom. The minimum absolute atomic E-state index is 0.0380. The van der Waals surface area contributed by atoms with Crippen molar-refractivity contribution in [1.29, 1.82) is 0 Å². The number of nitrogens with one attached hydrogen (secondary N) is 1. The molecule has 2 amide bonds. The number of para-hydroxylation sites is 1. The highest BCUT2D eigenvalue weighted by Crippen LogP contribution is 2.45. The lowest BCUT2D eigenvalue weighted by atomic mass is 9.83. The number of ether oxygens (including phenoxy) is 1. The molecule has 0 radical (unpaired) electrons. The molecule has 2 bridgehead atoms. The Morgan fingerprint density at radius 1 is 1.06 bits per heavy atom. The number of aromatic hydroxyl groups is 1. The largest absolute Gasteiger partial charge is 0.507 e. The van der Waals surface area contributed by atoms with Gasteiger partial charge in [-0.2, -0.15) is 0 Å². The Kier molecular flexibility index (Phi) is 6.95. The van der Waals surface area contributed by atoms with E-state index in [1.54, 1.807) is 12.1 Å². The molecule has 2 aliphatic heterocycles. The van der Waals surface area contributed by atoms with Gasteiger partial charge in [-0.25, -0.2) is 4.79 Å². The van der Waals surface area contributed by atoms with Crippen LogP contribution < -0.4 is 11.1 Å². The quantitative estimate of drug-likeness (QED) is 0.548. The zero-order valence-corrected chi connectivity index (χ0v) is 18.2. The maximum Gasteiger partial charge on any atom is 0.407 e. The number of hydrogen-bond acceptors (Lipinski definition) is 5. The van der Waals surface area contributed by atoms with Gasteiger partial charge < -0.3 is 20.9 Å². The molecule has 4 rings (SSSR count). The summed E-state index contributed by atoms with van der Waals surface area (Å²) in [7, 11) is 0. The molecule has 2 aliphatic rings. The van der Waals surface area contributed by atoms with Gasteiger partial charge in [0.05, 0.1) is 5.56 Å². The van der Waals surface area contributed by atoms with Crippen LogP contribution in [0.25, 0.3) is 0 Å². The molecule has 2 saturated heterocycles. The minimum atomic E-state index is -0.598. The van der Waals surface area contributed by atoms with Gasteiger partial charge >= 0.3 is 6.09 Å². The van der Waals surface area contributed by atoms with Crippen LogP contribution in [0.3, 0.4) is 0 Å². The van der Waals surface area contributed by atoms with Gasteiger partial charge in [-0.15, -0.1) is 0 Å². The van der Waals surface area contributed by atoms with Crippen LogP contribution in [0.15, 0.2) is 48.5 Å². The topological polar surface area (TPSA) is 105 Å². The van der Waals surface area contributed by atoms with Crippen molar-refractivity contribution in [3.63, 3.8) is 0 Å². The average molecular weight is 438 g/mol. The summed E-state index contributed by atoms with van der Waals surface area (Å²) < 4.78 is 5.26. The van der Waals surface area contributed by atoms with Crippen LogP contribution in [0.5, 0.6) is 5.75 Å². The maximum absolute atomic E-state index is 11.9. The van der Waals surface area contributed by atoms with Crippen molar-refractivity contribution in [3.8, 4) is 5.75 Å². The number of piperidine rings is 1. The molecule has 2 aromatic carbocycles. The molecule has 1 unspecified atom stereocenters. The van der Waals surface area contributed by atoms with Gasteiger partial charge in [0.2, 0.25) is 0 Å². The second-order valence-corrected chi connectivity index (χ2v) is 8.74. The van der Waals surface area contributed by atoms with E-state index in [0.717, 1.165) is 49.8 Å². The predicted molar refractivity (Wildman–Crippen MR) is 121 cm³/mol. The fourth-order valence-corrected chi connectivity index (χ4v) is 5.21. The lowest BCUT2D eigenvalue weighted by molar-refractivity contribution is 0.0997. The average Bonchev–Trinajstić information content (AvgIpc) is 3.02. The fraction of sp³-hybridized carbons (Fsp3) is 0.440. The van der Waals surface area contributed by atoms with E-state index in [0.29, 0.717) is 18.6 Å². The first-order valence-corrected chi connectivity index (χ1v) is 11.3. The van der Waals surface area contributed by atoms with Gasteiger partial charge in [0.1, 0.15) is 12.4 Å². The van der Waals surface area contributed by atoms with Crippen LogP contribution in [0, 0.1) is 0 Å². The molecule has 3 atom stereocenters. The maximum atomic E-state index is 11.9. The summed E-state index contributed by atoms with van der Waals surface area (Å²) in [6, 6.07) is 15.8. The summed E-state index contributed by atoms with van der Waals surface area (Å²) in [5.41, 5.74) is 7.39. The summed E-state index contributed by atoms with van der Waals surface area (Å²) in [5.74, 6) is -0.329. The van der Waals surface area contributed by atoms with E-state index < -0.39 is 5.91 Å². The van der Waals surface area contributed by atoms with Crippen molar-refractivity contribution in [2.45, 2.75) is 56.7 Å². The number of fused-ring (bicyclic) bond motifs is 2. The minimum Gasteiger partial charge on any atom is -0.507 e. The van der Waals surface area contributed by atoms with Crippen molar-refractivity contribution in [2.75, 3.05) is 13.1 Å². The number of primary amides is 1. The molecule has 2 aromatic rings. The number of carbonyl (C=O) groups excluding carboxylic acids is 2. The van der Waals surface area contributed by atoms with Crippen molar-refractivity contribution in [2.24, 2.45) is 5.73 Å². The highest BCUT2D eigenvalue weighted by atomic mass is 16.5. The molecule has 170 valence electrons. The molecular formula is C25H31N3O4. The Balaban J connectivity index is 1.23. The molecule has 0 aliphatic carbocycles. The second kappa shape index (κ2) is 10.0. The highest BCUT2D eigenvalue weighted by Gasteiger charge is 2.41. The Morgan fingerprint density at radius 2 is 1.78 bits per heavy atom. The van der Waals surface area contributed by atoms with Crippen LogP contribution in [0.4, 0.5) is 4.79 Å². The molecule has 0 aromatic heterocycles. The van der Waals surface area contributed by atoms with Gasteiger partial charge in [0.15, 0.2) is 0 Å². The number of phenols is 1. The third-order valence-corrected chi connectivity index (χ3v) is 6.73. The molecule has 32 heavy (non-hydrogen) atoms. The van der Waals surface area contributed by atoms with E-state index in [2.05, 4.69) is 10.2 Å². The number of nitrogens with zero attached hydrogens (tertiary/aromatic N) is 1. The van der Waals surface area contributed by atoms with E-state index in [1.165, 1.54) is 0 Å². The Bertz CT molecular complexity index is 935. The van der Waals surface area contributed by atoms with E-state index in [4.69, 9.17) is 10.5 Å². The molecular weight excluding hydrogens is 406 g/mol. The summed E-state index contributed by atoms with van der Waals surface area (Å²) in [4.78, 5) is 26.0. The number of hydrogen-bond donors (Lipinski definition) is 3. The molecule has 0 spiro atoms. The zero-order valence-electron chi connectivity index (χ0n) is 18.2. The van der Waals surface area contributed by atoms with E-state index in [-0.39, 0.29) is 29.9 Å². The van der Waals surface area contributed by atoms with Crippen LogP contribution in [-0.2, 0) is 11.3 Å². The summed E-state index contributed by atoms with van der Waals surface area (Å²) in [6.07, 6.45) is 4.67. The van der Waals surface area contributed by atoms with E-state index >= 15 is 0 Å². The molecule has 2 fully saturated rings. The van der Waals surface area contributed by atoms with E-state index in [9.17, 15) is 14.7 Å². The second-order valence-electron chi connectivity index (χ2n) is 8.74. The fourth-order valence-electron chi connectivity index (χ4n) is 5.21. The molecule has 2 heterocycles. The normalized spacial score (nSPS) is 22.4. The first-order valence-electron chi connectivity index (χ1n) is 11.3. The number of rotatable bonds is 8. The zero-order chi connectivity index (χ0) is 22.5. The highest BCUT2D eigenvalue weighted by molar-refractivity contribution is 5.96. The number of alkyl carbamates (subject to hydrolysis) is 1. The van der Waals surface area contributed by atoms with Crippen LogP contribution in [-0.4, -0.2) is 47.2 Å². The van der Waals surface area contributed by atoms with Crippen molar-refractivity contribution in [1.82, 2.24) is 10.2 Å². The third-order valence-electron chi connectivity index (χ3n) is 6.73.